The lowest BCUT2D eigenvalue weighted by atomic mass is 10.3. The van der Waals surface area contributed by atoms with Gasteiger partial charge in [0.25, 0.3) is 0 Å². The van der Waals surface area contributed by atoms with E-state index in [-0.39, 0.29) is 16.6 Å². The van der Waals surface area contributed by atoms with Crippen LogP contribution >= 0.6 is 11.6 Å². The summed E-state index contributed by atoms with van der Waals surface area (Å²) in [5, 5.41) is 17.3. The summed E-state index contributed by atoms with van der Waals surface area (Å²) in [5.41, 5.74) is 0.333. The minimum absolute atomic E-state index is 0.0162. The van der Waals surface area contributed by atoms with Gasteiger partial charge in [-0.2, -0.15) is 14.9 Å². The third kappa shape index (κ3) is 4.96. The molecule has 0 unspecified atom stereocenters. The Hall–Kier alpha value is -3.55. The lowest BCUT2D eigenvalue weighted by Crippen LogP contribution is -1.92. The number of nitriles is 2. The molecule has 0 fully saturated rings. The molecule has 0 saturated heterocycles. The van der Waals surface area contributed by atoms with Crippen molar-refractivity contribution in [3.63, 3.8) is 0 Å². The maximum atomic E-state index is 12.3. The molecule has 0 aromatic carbocycles. The van der Waals surface area contributed by atoms with Crippen LogP contribution in [0.4, 0.5) is 4.39 Å². The molecule has 0 saturated carbocycles. The van der Waals surface area contributed by atoms with Crippen LogP contribution in [-0.4, -0.2) is 15.0 Å². The van der Waals surface area contributed by atoms with Gasteiger partial charge in [0, 0.05) is 18.6 Å². The van der Waals surface area contributed by atoms with Gasteiger partial charge in [-0.15, -0.1) is 0 Å². The average molecular weight is 354 g/mol. The third-order valence-corrected chi connectivity index (χ3v) is 2.99. The number of pyridine rings is 3. The Kier molecular flexibility index (Phi) is 6.35. The second-order valence-corrected chi connectivity index (χ2v) is 4.67. The summed E-state index contributed by atoms with van der Waals surface area (Å²) in [7, 11) is 0. The van der Waals surface area contributed by atoms with Crippen LogP contribution in [0.1, 0.15) is 11.1 Å². The fraction of sp³-hybridized carbons (Fsp3) is 0. The van der Waals surface area contributed by atoms with Gasteiger partial charge in [-0.05, 0) is 36.4 Å². The van der Waals surface area contributed by atoms with Gasteiger partial charge in [-0.3, -0.25) is 0 Å². The van der Waals surface area contributed by atoms with Crippen molar-refractivity contribution in [2.45, 2.75) is 0 Å². The molecule has 6 nitrogen and oxygen atoms in total. The first-order valence-corrected chi connectivity index (χ1v) is 7.17. The maximum absolute atomic E-state index is 12.3. The van der Waals surface area contributed by atoms with Crippen molar-refractivity contribution >= 4 is 11.6 Å². The van der Waals surface area contributed by atoms with Crippen molar-refractivity contribution in [3.8, 4) is 23.8 Å². The van der Waals surface area contributed by atoms with Crippen LogP contribution in [0, 0.1) is 28.6 Å². The molecule has 3 aromatic heterocycles. The van der Waals surface area contributed by atoms with Gasteiger partial charge < -0.3 is 4.74 Å². The van der Waals surface area contributed by atoms with Crippen molar-refractivity contribution in [2.24, 2.45) is 0 Å². The van der Waals surface area contributed by atoms with E-state index in [9.17, 15) is 4.39 Å². The number of hydrogen-bond acceptors (Lipinski definition) is 6. The SMILES string of the molecule is N#Cc1cccnc1F.N#Cc1cccnc1Oc1cccnc1Cl. The Labute approximate surface area is 147 Å². The molecule has 0 aliphatic carbocycles. The topological polar surface area (TPSA) is 95.5 Å². The molecule has 0 aliphatic rings. The molecule has 3 rings (SSSR count). The summed E-state index contributed by atoms with van der Waals surface area (Å²) in [6.07, 6.45) is 4.40. The summed E-state index contributed by atoms with van der Waals surface area (Å²) in [6, 6.07) is 13.2. The number of hydrogen-bond donors (Lipinski definition) is 0. The maximum Gasteiger partial charge on any atom is 0.237 e. The molecule has 3 aromatic rings. The average Bonchev–Trinajstić information content (AvgIpc) is 2.65. The third-order valence-electron chi connectivity index (χ3n) is 2.70. The van der Waals surface area contributed by atoms with E-state index in [0.29, 0.717) is 11.3 Å². The second kappa shape index (κ2) is 8.92. The van der Waals surface area contributed by atoms with Gasteiger partial charge in [0.2, 0.25) is 11.8 Å². The number of nitrogens with zero attached hydrogens (tertiary/aromatic N) is 5. The summed E-state index contributed by atoms with van der Waals surface area (Å²) in [5.74, 6) is -0.112. The van der Waals surface area contributed by atoms with Gasteiger partial charge in [-0.25, -0.2) is 15.0 Å². The first kappa shape index (κ1) is 17.8. The minimum Gasteiger partial charge on any atom is -0.434 e. The van der Waals surface area contributed by atoms with E-state index in [2.05, 4.69) is 15.0 Å². The Bertz CT molecular complexity index is 952. The minimum atomic E-state index is -0.708. The van der Waals surface area contributed by atoms with Crippen LogP contribution in [0.25, 0.3) is 0 Å². The molecule has 3 heterocycles. The standard InChI is InChI=1S/C11H6ClN3O.C6H3FN2/c12-10-9(4-2-5-14-10)16-11-8(7-13)3-1-6-15-11;7-6-5(4-8)2-1-3-9-6/h1-6H;1-3H. The smallest absolute Gasteiger partial charge is 0.237 e. The Morgan fingerprint density at radius 1 is 0.880 bits per heavy atom. The Balaban J connectivity index is 0.000000212. The largest absolute Gasteiger partial charge is 0.434 e. The van der Waals surface area contributed by atoms with Gasteiger partial charge in [0.15, 0.2) is 10.9 Å². The molecular weight excluding hydrogens is 345 g/mol. The summed E-state index contributed by atoms with van der Waals surface area (Å²) < 4.78 is 17.7. The van der Waals surface area contributed by atoms with Crippen LogP contribution in [0.2, 0.25) is 5.15 Å². The zero-order chi connectivity index (χ0) is 18.1. The normalized spacial score (nSPS) is 9.12. The highest BCUT2D eigenvalue weighted by molar-refractivity contribution is 6.30. The van der Waals surface area contributed by atoms with Crippen LogP contribution in [0.3, 0.4) is 0 Å². The predicted molar refractivity (Wildman–Crippen MR) is 87.2 cm³/mol. The molecule has 0 radical (unpaired) electrons. The lowest BCUT2D eigenvalue weighted by molar-refractivity contribution is 0.459. The predicted octanol–water partition coefficient (Wildman–Crippen LogP) is 3.89. The molecule has 0 bridgehead atoms. The van der Waals surface area contributed by atoms with Crippen molar-refractivity contribution in [1.82, 2.24) is 15.0 Å². The van der Waals surface area contributed by atoms with E-state index in [1.54, 1.807) is 42.7 Å². The first-order valence-electron chi connectivity index (χ1n) is 6.79. The Morgan fingerprint density at radius 3 is 2.08 bits per heavy atom. The summed E-state index contributed by atoms with van der Waals surface area (Å²) in [4.78, 5) is 11.1. The molecular formula is C17H9ClFN5O. The fourth-order valence-corrected chi connectivity index (χ4v) is 1.74. The van der Waals surface area contributed by atoms with Crippen molar-refractivity contribution in [2.75, 3.05) is 0 Å². The van der Waals surface area contributed by atoms with E-state index in [1.807, 2.05) is 6.07 Å². The zero-order valence-corrected chi connectivity index (χ0v) is 13.4. The van der Waals surface area contributed by atoms with Crippen LogP contribution in [-0.2, 0) is 0 Å². The van der Waals surface area contributed by atoms with Gasteiger partial charge >= 0.3 is 0 Å². The monoisotopic (exact) mass is 353 g/mol. The molecule has 25 heavy (non-hydrogen) atoms. The molecule has 122 valence electrons. The number of rotatable bonds is 2. The number of ether oxygens (including phenoxy) is 1. The quantitative estimate of drug-likeness (QED) is 0.648. The van der Waals surface area contributed by atoms with Gasteiger partial charge in [-0.1, -0.05) is 11.6 Å². The van der Waals surface area contributed by atoms with Crippen molar-refractivity contribution < 1.29 is 9.13 Å². The van der Waals surface area contributed by atoms with Gasteiger partial charge in [0.05, 0.1) is 0 Å². The summed E-state index contributed by atoms with van der Waals surface area (Å²) >= 11 is 5.82. The van der Waals surface area contributed by atoms with Crippen molar-refractivity contribution in [3.05, 3.63) is 77.2 Å². The molecule has 8 heteroatoms. The van der Waals surface area contributed by atoms with E-state index < -0.39 is 5.95 Å². The highest BCUT2D eigenvalue weighted by Gasteiger charge is 2.08. The zero-order valence-electron chi connectivity index (χ0n) is 12.6. The Morgan fingerprint density at radius 2 is 1.48 bits per heavy atom. The molecule has 0 spiro atoms. The number of aromatic nitrogens is 3. The second-order valence-electron chi connectivity index (χ2n) is 4.32. The van der Waals surface area contributed by atoms with Crippen LogP contribution in [0.5, 0.6) is 11.6 Å². The highest BCUT2D eigenvalue weighted by atomic mass is 35.5. The first-order chi connectivity index (χ1) is 12.2. The molecule has 0 amide bonds. The van der Waals surface area contributed by atoms with E-state index in [1.165, 1.54) is 18.3 Å². The van der Waals surface area contributed by atoms with Gasteiger partial charge in [0.1, 0.15) is 23.3 Å². The molecule has 0 atom stereocenters. The summed E-state index contributed by atoms with van der Waals surface area (Å²) in [6.45, 7) is 0. The van der Waals surface area contributed by atoms with E-state index in [4.69, 9.17) is 26.9 Å². The van der Waals surface area contributed by atoms with Crippen LogP contribution < -0.4 is 4.74 Å². The molecule has 0 N–H and O–H groups in total. The number of halogens is 2. The van der Waals surface area contributed by atoms with E-state index in [0.717, 1.165) is 0 Å². The van der Waals surface area contributed by atoms with Crippen molar-refractivity contribution in [1.29, 1.82) is 10.5 Å². The molecule has 0 aliphatic heterocycles. The lowest BCUT2D eigenvalue weighted by Gasteiger charge is -2.06. The van der Waals surface area contributed by atoms with E-state index >= 15 is 0 Å². The fourth-order valence-electron chi connectivity index (χ4n) is 1.58. The van der Waals surface area contributed by atoms with Crippen LogP contribution in [0.15, 0.2) is 55.0 Å². The highest BCUT2D eigenvalue weighted by Crippen LogP contribution is 2.27.